The molecular weight excluding hydrogens is 226 g/mol. The van der Waals surface area contributed by atoms with Crippen molar-refractivity contribution in [1.82, 2.24) is 10.6 Å². The summed E-state index contributed by atoms with van der Waals surface area (Å²) in [5, 5.41) is 6.52. The van der Waals surface area contributed by atoms with Crippen LogP contribution in [0.15, 0.2) is 4.99 Å². The smallest absolute Gasteiger partial charge is 0.191 e. The van der Waals surface area contributed by atoms with E-state index in [4.69, 9.17) is 4.74 Å². The average Bonchev–Trinajstić information content (AvgIpc) is 2.40. The molecule has 0 aliphatic rings. The Morgan fingerprint density at radius 2 is 1.56 bits per heavy atom. The molecule has 0 aromatic heterocycles. The molecule has 0 fully saturated rings. The lowest BCUT2D eigenvalue weighted by Gasteiger charge is -2.11. The lowest BCUT2D eigenvalue weighted by atomic mass is 10.1. The molecule has 0 saturated carbocycles. The van der Waals surface area contributed by atoms with Crippen molar-refractivity contribution in [1.29, 1.82) is 0 Å². The van der Waals surface area contributed by atoms with Gasteiger partial charge in [0.1, 0.15) is 0 Å². The minimum atomic E-state index is 0.706. The van der Waals surface area contributed by atoms with E-state index >= 15 is 0 Å². The van der Waals surface area contributed by atoms with Crippen LogP contribution in [0.3, 0.4) is 0 Å². The minimum absolute atomic E-state index is 0.706. The van der Waals surface area contributed by atoms with E-state index in [1.807, 2.05) is 0 Å². The SMILES string of the molecule is CCCCCCCCCNC(=NC)NCCOC. The predicted octanol–water partition coefficient (Wildman–Crippen LogP) is 2.55. The number of methoxy groups -OCH3 is 1. The molecule has 0 radical (unpaired) electrons. The van der Waals surface area contributed by atoms with Gasteiger partial charge < -0.3 is 15.4 Å². The van der Waals surface area contributed by atoms with Gasteiger partial charge >= 0.3 is 0 Å². The topological polar surface area (TPSA) is 45.7 Å². The molecule has 0 saturated heterocycles. The highest BCUT2D eigenvalue weighted by Crippen LogP contribution is 2.06. The van der Waals surface area contributed by atoms with Gasteiger partial charge in [-0.1, -0.05) is 45.4 Å². The van der Waals surface area contributed by atoms with Crippen LogP contribution in [-0.4, -0.2) is 39.8 Å². The average molecular weight is 257 g/mol. The number of nitrogens with one attached hydrogen (secondary N) is 2. The molecule has 0 amide bonds. The second kappa shape index (κ2) is 14.3. The highest BCUT2D eigenvalue weighted by atomic mass is 16.5. The zero-order valence-corrected chi connectivity index (χ0v) is 12.4. The summed E-state index contributed by atoms with van der Waals surface area (Å²) in [7, 11) is 3.50. The molecule has 0 aliphatic carbocycles. The fourth-order valence-electron chi connectivity index (χ4n) is 1.78. The van der Waals surface area contributed by atoms with Gasteiger partial charge in [0.05, 0.1) is 6.61 Å². The van der Waals surface area contributed by atoms with Gasteiger partial charge in [-0.2, -0.15) is 0 Å². The van der Waals surface area contributed by atoms with Crippen LogP contribution in [0.25, 0.3) is 0 Å². The summed E-state index contributed by atoms with van der Waals surface area (Å²) >= 11 is 0. The summed E-state index contributed by atoms with van der Waals surface area (Å²) in [4.78, 5) is 4.16. The van der Waals surface area contributed by atoms with Crippen LogP contribution in [0.4, 0.5) is 0 Å². The van der Waals surface area contributed by atoms with E-state index in [0.717, 1.165) is 19.0 Å². The quantitative estimate of drug-likeness (QED) is 0.340. The van der Waals surface area contributed by atoms with E-state index in [1.54, 1.807) is 14.2 Å². The van der Waals surface area contributed by atoms with Crippen molar-refractivity contribution in [3.8, 4) is 0 Å². The molecule has 0 spiro atoms. The van der Waals surface area contributed by atoms with Crippen LogP contribution in [-0.2, 0) is 4.74 Å². The second-order valence-corrected chi connectivity index (χ2v) is 4.54. The first-order chi connectivity index (χ1) is 8.85. The third-order valence-electron chi connectivity index (χ3n) is 2.90. The number of nitrogens with zero attached hydrogens (tertiary/aromatic N) is 1. The van der Waals surface area contributed by atoms with Gasteiger partial charge in [-0.05, 0) is 6.42 Å². The summed E-state index contributed by atoms with van der Waals surface area (Å²) in [5.74, 6) is 0.873. The summed E-state index contributed by atoms with van der Waals surface area (Å²) in [6.45, 7) is 4.76. The molecule has 108 valence electrons. The molecule has 2 N–H and O–H groups in total. The number of rotatable bonds is 11. The minimum Gasteiger partial charge on any atom is -0.383 e. The Balaban J connectivity index is 3.29. The molecule has 0 rings (SSSR count). The van der Waals surface area contributed by atoms with E-state index < -0.39 is 0 Å². The summed E-state index contributed by atoms with van der Waals surface area (Å²) in [6, 6.07) is 0. The van der Waals surface area contributed by atoms with Crippen molar-refractivity contribution in [2.45, 2.75) is 51.9 Å². The van der Waals surface area contributed by atoms with Crippen LogP contribution in [0, 0.1) is 0 Å². The number of hydrogen-bond acceptors (Lipinski definition) is 2. The Hall–Kier alpha value is -0.770. The Bertz CT molecular complexity index is 195. The zero-order chi connectivity index (χ0) is 13.5. The maximum atomic E-state index is 4.98. The van der Waals surface area contributed by atoms with E-state index in [9.17, 15) is 0 Å². The molecule has 0 aromatic rings. The molecule has 0 aliphatic heterocycles. The predicted molar refractivity (Wildman–Crippen MR) is 79.2 cm³/mol. The zero-order valence-electron chi connectivity index (χ0n) is 12.4. The van der Waals surface area contributed by atoms with Crippen molar-refractivity contribution in [3.05, 3.63) is 0 Å². The number of hydrogen-bond donors (Lipinski definition) is 2. The number of guanidine groups is 1. The van der Waals surface area contributed by atoms with Gasteiger partial charge in [0, 0.05) is 27.2 Å². The maximum absolute atomic E-state index is 4.98. The van der Waals surface area contributed by atoms with Crippen LogP contribution >= 0.6 is 0 Å². The molecular formula is C14H31N3O. The Morgan fingerprint density at radius 1 is 0.944 bits per heavy atom. The molecule has 0 bridgehead atoms. The lowest BCUT2D eigenvalue weighted by Crippen LogP contribution is -2.39. The highest BCUT2D eigenvalue weighted by Gasteiger charge is 1.96. The van der Waals surface area contributed by atoms with Gasteiger partial charge in [-0.3, -0.25) is 4.99 Å². The largest absolute Gasteiger partial charge is 0.383 e. The lowest BCUT2D eigenvalue weighted by molar-refractivity contribution is 0.203. The van der Waals surface area contributed by atoms with E-state index in [1.165, 1.54) is 44.9 Å². The van der Waals surface area contributed by atoms with E-state index in [2.05, 4.69) is 22.5 Å². The third-order valence-corrected chi connectivity index (χ3v) is 2.90. The number of ether oxygens (including phenoxy) is 1. The third kappa shape index (κ3) is 11.7. The van der Waals surface area contributed by atoms with Gasteiger partial charge in [-0.15, -0.1) is 0 Å². The Labute approximate surface area is 113 Å². The van der Waals surface area contributed by atoms with Crippen molar-refractivity contribution in [2.75, 3.05) is 33.9 Å². The van der Waals surface area contributed by atoms with Crippen LogP contribution in [0.5, 0.6) is 0 Å². The number of unbranched alkanes of at least 4 members (excludes halogenated alkanes) is 6. The monoisotopic (exact) mass is 257 g/mol. The van der Waals surface area contributed by atoms with Crippen molar-refractivity contribution in [2.24, 2.45) is 4.99 Å². The van der Waals surface area contributed by atoms with Crippen molar-refractivity contribution < 1.29 is 4.74 Å². The normalized spacial score (nSPS) is 11.6. The van der Waals surface area contributed by atoms with Crippen LogP contribution in [0.2, 0.25) is 0 Å². The Morgan fingerprint density at radius 3 is 2.17 bits per heavy atom. The summed E-state index contributed by atoms with van der Waals surface area (Å²) < 4.78 is 4.98. The van der Waals surface area contributed by atoms with Gasteiger partial charge in [0.15, 0.2) is 5.96 Å². The summed E-state index contributed by atoms with van der Waals surface area (Å²) in [5.41, 5.74) is 0. The van der Waals surface area contributed by atoms with Crippen molar-refractivity contribution in [3.63, 3.8) is 0 Å². The molecule has 18 heavy (non-hydrogen) atoms. The highest BCUT2D eigenvalue weighted by molar-refractivity contribution is 5.79. The Kier molecular flexibility index (Phi) is 13.7. The number of aliphatic imine (C=N–C) groups is 1. The second-order valence-electron chi connectivity index (χ2n) is 4.54. The fourth-order valence-corrected chi connectivity index (χ4v) is 1.78. The fraction of sp³-hybridized carbons (Fsp3) is 0.929. The van der Waals surface area contributed by atoms with Gasteiger partial charge in [-0.25, -0.2) is 0 Å². The molecule has 0 unspecified atom stereocenters. The van der Waals surface area contributed by atoms with Crippen LogP contribution < -0.4 is 10.6 Å². The molecule has 0 atom stereocenters. The van der Waals surface area contributed by atoms with E-state index in [0.29, 0.717) is 6.61 Å². The first-order valence-corrected chi connectivity index (χ1v) is 7.28. The van der Waals surface area contributed by atoms with Crippen molar-refractivity contribution >= 4 is 5.96 Å². The van der Waals surface area contributed by atoms with Gasteiger partial charge in [0.2, 0.25) is 0 Å². The van der Waals surface area contributed by atoms with Crippen LogP contribution in [0.1, 0.15) is 51.9 Å². The first kappa shape index (κ1) is 17.2. The molecule has 0 aromatic carbocycles. The molecule has 0 heterocycles. The first-order valence-electron chi connectivity index (χ1n) is 7.28. The standard InChI is InChI=1S/C14H31N3O/c1-4-5-6-7-8-9-10-11-16-14(15-2)17-12-13-18-3/h4-13H2,1-3H3,(H2,15,16,17). The van der Waals surface area contributed by atoms with E-state index in [-0.39, 0.29) is 0 Å². The van der Waals surface area contributed by atoms with Gasteiger partial charge in [0.25, 0.3) is 0 Å². The maximum Gasteiger partial charge on any atom is 0.191 e. The molecule has 4 heteroatoms. The summed E-state index contributed by atoms with van der Waals surface area (Å²) in [6.07, 6.45) is 9.37. The molecule has 4 nitrogen and oxygen atoms in total.